The van der Waals surface area contributed by atoms with Gasteiger partial charge in [-0.15, -0.1) is 0 Å². The highest BCUT2D eigenvalue weighted by Crippen LogP contribution is 2.26. The lowest BCUT2D eigenvalue weighted by molar-refractivity contribution is 0.0600. The third-order valence-electron chi connectivity index (χ3n) is 3.49. The molecule has 0 atom stereocenters. The topological polar surface area (TPSA) is 38.3 Å². The van der Waals surface area contributed by atoms with Crippen LogP contribution in [-0.2, 0) is 17.7 Å². The van der Waals surface area contributed by atoms with Crippen molar-refractivity contribution in [3.8, 4) is 0 Å². The number of hydrogen-bond acceptors (Lipinski definition) is 3. The van der Waals surface area contributed by atoms with Crippen LogP contribution >= 0.6 is 0 Å². The fourth-order valence-electron chi connectivity index (χ4n) is 2.45. The van der Waals surface area contributed by atoms with Gasteiger partial charge in [-0.25, -0.2) is 4.79 Å². The number of rotatable bonds is 1. The summed E-state index contributed by atoms with van der Waals surface area (Å²) >= 11 is 0. The Morgan fingerprint density at radius 3 is 2.79 bits per heavy atom. The minimum atomic E-state index is -0.287. The SMILES string of the molecule is COC(=O)c1ccc2c(c1)CNc1ccccc1C2. The van der Waals surface area contributed by atoms with Gasteiger partial charge in [0.2, 0.25) is 0 Å². The fourth-order valence-corrected chi connectivity index (χ4v) is 2.45. The minimum Gasteiger partial charge on any atom is -0.465 e. The second-order valence-corrected chi connectivity index (χ2v) is 4.66. The van der Waals surface area contributed by atoms with E-state index >= 15 is 0 Å². The van der Waals surface area contributed by atoms with Crippen molar-refractivity contribution in [3.05, 3.63) is 64.7 Å². The first-order valence-electron chi connectivity index (χ1n) is 6.30. The molecule has 0 radical (unpaired) electrons. The van der Waals surface area contributed by atoms with Gasteiger partial charge in [0.25, 0.3) is 0 Å². The largest absolute Gasteiger partial charge is 0.465 e. The van der Waals surface area contributed by atoms with Gasteiger partial charge < -0.3 is 10.1 Å². The summed E-state index contributed by atoms with van der Waals surface area (Å²) in [6, 6.07) is 14.1. The Morgan fingerprint density at radius 2 is 1.95 bits per heavy atom. The highest BCUT2D eigenvalue weighted by molar-refractivity contribution is 5.89. The molecule has 1 N–H and O–H groups in total. The van der Waals surface area contributed by atoms with Crippen molar-refractivity contribution in [2.75, 3.05) is 12.4 Å². The molecule has 0 spiro atoms. The van der Waals surface area contributed by atoms with E-state index < -0.39 is 0 Å². The van der Waals surface area contributed by atoms with Gasteiger partial charge in [-0.2, -0.15) is 0 Å². The Bertz CT molecular complexity index is 634. The predicted octanol–water partition coefficient (Wildman–Crippen LogP) is 2.99. The van der Waals surface area contributed by atoms with Crippen LogP contribution in [0.25, 0.3) is 0 Å². The Kier molecular flexibility index (Phi) is 2.95. The molecule has 0 aliphatic carbocycles. The van der Waals surface area contributed by atoms with Crippen LogP contribution in [0.5, 0.6) is 0 Å². The summed E-state index contributed by atoms with van der Waals surface area (Å²) in [6.45, 7) is 0.733. The molecule has 0 bridgehead atoms. The van der Waals surface area contributed by atoms with Gasteiger partial charge in [0.1, 0.15) is 0 Å². The summed E-state index contributed by atoms with van der Waals surface area (Å²) in [4.78, 5) is 11.6. The second-order valence-electron chi connectivity index (χ2n) is 4.66. The van der Waals surface area contributed by atoms with Gasteiger partial charge >= 0.3 is 5.97 Å². The highest BCUT2D eigenvalue weighted by Gasteiger charge is 2.14. The second kappa shape index (κ2) is 4.76. The Hall–Kier alpha value is -2.29. The predicted molar refractivity (Wildman–Crippen MR) is 74.4 cm³/mol. The normalized spacial score (nSPS) is 12.7. The van der Waals surface area contributed by atoms with Gasteiger partial charge in [0.05, 0.1) is 12.7 Å². The molecule has 19 heavy (non-hydrogen) atoms. The first-order chi connectivity index (χ1) is 9.28. The number of fused-ring (bicyclic) bond motifs is 2. The smallest absolute Gasteiger partial charge is 0.337 e. The van der Waals surface area contributed by atoms with E-state index in [2.05, 4.69) is 17.4 Å². The van der Waals surface area contributed by atoms with E-state index in [1.807, 2.05) is 30.3 Å². The standard InChI is InChI=1S/C16H15NO2/c1-19-16(18)13-7-6-11-8-12-4-2-3-5-15(12)17-10-14(11)9-13/h2-7,9,17H,8,10H2,1H3. The van der Waals surface area contributed by atoms with Crippen LogP contribution in [0.1, 0.15) is 27.0 Å². The van der Waals surface area contributed by atoms with Gasteiger partial charge in [-0.3, -0.25) is 0 Å². The van der Waals surface area contributed by atoms with Crippen molar-refractivity contribution >= 4 is 11.7 Å². The van der Waals surface area contributed by atoms with Crippen LogP contribution < -0.4 is 5.32 Å². The number of ether oxygens (including phenoxy) is 1. The maximum Gasteiger partial charge on any atom is 0.337 e. The first kappa shape index (κ1) is 11.8. The molecule has 1 aliphatic rings. The molecule has 1 heterocycles. The monoisotopic (exact) mass is 253 g/mol. The van der Waals surface area contributed by atoms with Crippen LogP contribution in [0.4, 0.5) is 5.69 Å². The quantitative estimate of drug-likeness (QED) is 0.794. The number of para-hydroxylation sites is 1. The third kappa shape index (κ3) is 2.19. The third-order valence-corrected chi connectivity index (χ3v) is 3.49. The van der Waals surface area contributed by atoms with Crippen LogP contribution in [0.15, 0.2) is 42.5 Å². The van der Waals surface area contributed by atoms with Crippen molar-refractivity contribution in [2.24, 2.45) is 0 Å². The van der Waals surface area contributed by atoms with Crippen molar-refractivity contribution in [3.63, 3.8) is 0 Å². The summed E-state index contributed by atoms with van der Waals surface area (Å²) in [5, 5.41) is 3.41. The van der Waals surface area contributed by atoms with E-state index in [9.17, 15) is 4.79 Å². The summed E-state index contributed by atoms with van der Waals surface area (Å²) in [6.07, 6.45) is 0.889. The summed E-state index contributed by atoms with van der Waals surface area (Å²) in [7, 11) is 1.40. The maximum absolute atomic E-state index is 11.6. The fraction of sp³-hybridized carbons (Fsp3) is 0.188. The molecule has 2 aromatic rings. The average molecular weight is 253 g/mol. The number of carbonyl (C=O) groups excluding carboxylic acids is 1. The zero-order valence-corrected chi connectivity index (χ0v) is 10.8. The Morgan fingerprint density at radius 1 is 1.11 bits per heavy atom. The number of nitrogens with one attached hydrogen (secondary N) is 1. The molecule has 0 saturated heterocycles. The van der Waals surface area contributed by atoms with E-state index in [4.69, 9.17) is 4.74 Å². The number of carbonyl (C=O) groups is 1. The van der Waals surface area contributed by atoms with Gasteiger partial charge in [0, 0.05) is 12.2 Å². The molecule has 0 amide bonds. The molecule has 3 rings (SSSR count). The van der Waals surface area contributed by atoms with Crippen LogP contribution in [0.3, 0.4) is 0 Å². The van der Waals surface area contributed by atoms with Gasteiger partial charge in [0.15, 0.2) is 0 Å². The molecule has 0 saturated carbocycles. The Balaban J connectivity index is 1.99. The van der Waals surface area contributed by atoms with Gasteiger partial charge in [-0.1, -0.05) is 24.3 Å². The molecule has 3 heteroatoms. The maximum atomic E-state index is 11.6. The lowest BCUT2D eigenvalue weighted by atomic mass is 9.99. The molecule has 1 aliphatic heterocycles. The molecule has 2 aromatic carbocycles. The van der Waals surface area contributed by atoms with E-state index in [1.165, 1.54) is 23.9 Å². The minimum absolute atomic E-state index is 0.287. The molecule has 0 unspecified atom stereocenters. The van der Waals surface area contributed by atoms with Crippen LogP contribution in [0.2, 0.25) is 0 Å². The lowest BCUT2D eigenvalue weighted by Crippen LogP contribution is -2.05. The van der Waals surface area contributed by atoms with E-state index in [1.54, 1.807) is 0 Å². The zero-order valence-electron chi connectivity index (χ0n) is 10.8. The summed E-state index contributed by atoms with van der Waals surface area (Å²) in [5.74, 6) is -0.287. The number of esters is 1. The lowest BCUT2D eigenvalue weighted by Gasteiger charge is -2.07. The van der Waals surface area contributed by atoms with E-state index in [0.717, 1.165) is 18.5 Å². The van der Waals surface area contributed by atoms with Crippen molar-refractivity contribution in [1.29, 1.82) is 0 Å². The summed E-state index contributed by atoms with van der Waals surface area (Å²) < 4.78 is 4.76. The molecule has 3 nitrogen and oxygen atoms in total. The number of benzene rings is 2. The van der Waals surface area contributed by atoms with E-state index in [-0.39, 0.29) is 5.97 Å². The van der Waals surface area contributed by atoms with Crippen molar-refractivity contribution < 1.29 is 9.53 Å². The highest BCUT2D eigenvalue weighted by atomic mass is 16.5. The average Bonchev–Trinajstić information content (AvgIpc) is 2.64. The molecular weight excluding hydrogens is 238 g/mol. The molecule has 0 aromatic heterocycles. The van der Waals surface area contributed by atoms with Gasteiger partial charge in [-0.05, 0) is 41.3 Å². The molecule has 0 fully saturated rings. The number of anilines is 1. The van der Waals surface area contributed by atoms with E-state index in [0.29, 0.717) is 5.56 Å². The van der Waals surface area contributed by atoms with Crippen LogP contribution in [0, 0.1) is 0 Å². The number of hydrogen-bond donors (Lipinski definition) is 1. The van der Waals surface area contributed by atoms with Crippen LogP contribution in [-0.4, -0.2) is 13.1 Å². The zero-order chi connectivity index (χ0) is 13.2. The molecular formula is C16H15NO2. The number of methoxy groups -OCH3 is 1. The molecule has 96 valence electrons. The van der Waals surface area contributed by atoms with Crippen molar-refractivity contribution in [2.45, 2.75) is 13.0 Å². The first-order valence-corrected chi connectivity index (χ1v) is 6.30. The summed E-state index contributed by atoms with van der Waals surface area (Å²) in [5.41, 5.74) is 5.46. The Labute approximate surface area is 112 Å². The van der Waals surface area contributed by atoms with Crippen molar-refractivity contribution in [1.82, 2.24) is 0 Å².